The van der Waals surface area contributed by atoms with Crippen LogP contribution in [0, 0.1) is 5.92 Å². The van der Waals surface area contributed by atoms with Gasteiger partial charge in [-0.15, -0.1) is 11.3 Å². The first-order valence-corrected chi connectivity index (χ1v) is 10.7. The third kappa shape index (κ3) is 5.72. The summed E-state index contributed by atoms with van der Waals surface area (Å²) in [4.78, 5) is 27.8. The Kier molecular flexibility index (Phi) is 7.34. The number of thiophene rings is 1. The Labute approximate surface area is 174 Å². The Morgan fingerprint density at radius 1 is 1.21 bits per heavy atom. The van der Waals surface area contributed by atoms with Gasteiger partial charge in [0.25, 0.3) is 0 Å². The van der Waals surface area contributed by atoms with Gasteiger partial charge in [0.1, 0.15) is 5.75 Å². The van der Waals surface area contributed by atoms with E-state index in [0.717, 1.165) is 15.0 Å². The molecule has 3 rings (SSSR count). The number of nitrogens with one attached hydrogen (secondary N) is 1. The van der Waals surface area contributed by atoms with Gasteiger partial charge in [0.15, 0.2) is 0 Å². The summed E-state index contributed by atoms with van der Waals surface area (Å²) >= 11 is 7.45. The lowest BCUT2D eigenvalue weighted by Crippen LogP contribution is -2.43. The van der Waals surface area contributed by atoms with Gasteiger partial charge in [0.05, 0.1) is 23.4 Å². The van der Waals surface area contributed by atoms with Crippen LogP contribution in [-0.4, -0.2) is 36.4 Å². The van der Waals surface area contributed by atoms with E-state index in [4.69, 9.17) is 16.3 Å². The van der Waals surface area contributed by atoms with Gasteiger partial charge < -0.3 is 15.0 Å². The van der Waals surface area contributed by atoms with E-state index in [1.54, 1.807) is 0 Å². The Morgan fingerprint density at radius 2 is 1.93 bits per heavy atom. The van der Waals surface area contributed by atoms with Crippen molar-refractivity contribution in [2.75, 3.05) is 19.7 Å². The molecule has 1 saturated heterocycles. The first-order chi connectivity index (χ1) is 13.5. The number of rotatable bonds is 7. The molecule has 0 radical (unpaired) electrons. The van der Waals surface area contributed by atoms with Crippen molar-refractivity contribution < 1.29 is 14.3 Å². The van der Waals surface area contributed by atoms with Crippen LogP contribution < -0.4 is 10.1 Å². The summed E-state index contributed by atoms with van der Waals surface area (Å²) in [5, 5.41) is 3.07. The highest BCUT2D eigenvalue weighted by Crippen LogP contribution is 2.27. The summed E-state index contributed by atoms with van der Waals surface area (Å²) in [6, 6.07) is 13.2. The van der Waals surface area contributed by atoms with E-state index in [0.29, 0.717) is 39.0 Å². The van der Waals surface area contributed by atoms with E-state index >= 15 is 0 Å². The van der Waals surface area contributed by atoms with Crippen molar-refractivity contribution in [2.45, 2.75) is 32.2 Å². The maximum atomic E-state index is 12.5. The molecule has 28 heavy (non-hydrogen) atoms. The molecular formula is C21H25ClN2O3S. The first-order valence-electron chi connectivity index (χ1n) is 9.54. The predicted octanol–water partition coefficient (Wildman–Crippen LogP) is 4.29. The third-order valence-corrected chi connectivity index (χ3v) is 6.34. The fraction of sp³-hybridized carbons (Fsp3) is 0.429. The highest BCUT2D eigenvalue weighted by molar-refractivity contribution is 7.16. The lowest BCUT2D eigenvalue weighted by molar-refractivity contribution is -0.136. The molecule has 0 spiro atoms. The lowest BCUT2D eigenvalue weighted by atomic mass is 9.95. The molecule has 2 heterocycles. The van der Waals surface area contributed by atoms with Crippen LogP contribution in [0.25, 0.3) is 0 Å². The fourth-order valence-corrected chi connectivity index (χ4v) is 4.35. The van der Waals surface area contributed by atoms with E-state index in [1.807, 2.05) is 54.3 Å². The number of carbonyl (C=O) groups is 2. The molecule has 0 bridgehead atoms. The van der Waals surface area contributed by atoms with Gasteiger partial charge in [-0.1, -0.05) is 29.8 Å². The van der Waals surface area contributed by atoms with Crippen LogP contribution in [0.5, 0.6) is 5.75 Å². The topological polar surface area (TPSA) is 58.6 Å². The average Bonchev–Trinajstić information content (AvgIpc) is 3.15. The van der Waals surface area contributed by atoms with Crippen LogP contribution in [0.1, 0.15) is 37.1 Å². The Hall–Kier alpha value is -2.05. The molecule has 1 unspecified atom stereocenters. The number of nitrogens with zero attached hydrogens (tertiary/aromatic N) is 1. The number of hydrogen-bond donors (Lipinski definition) is 1. The van der Waals surface area contributed by atoms with Gasteiger partial charge in [0, 0.05) is 23.9 Å². The average molecular weight is 421 g/mol. The fourth-order valence-electron chi connectivity index (χ4n) is 3.29. The Morgan fingerprint density at radius 3 is 2.57 bits per heavy atom. The van der Waals surface area contributed by atoms with Gasteiger partial charge >= 0.3 is 0 Å². The van der Waals surface area contributed by atoms with Gasteiger partial charge in [-0.05, 0) is 44.0 Å². The second-order valence-electron chi connectivity index (χ2n) is 6.94. The number of halogens is 1. The van der Waals surface area contributed by atoms with Crippen molar-refractivity contribution in [3.63, 3.8) is 0 Å². The van der Waals surface area contributed by atoms with Crippen molar-refractivity contribution in [1.82, 2.24) is 10.2 Å². The first kappa shape index (κ1) is 20.7. The van der Waals surface area contributed by atoms with Crippen molar-refractivity contribution in [3.8, 4) is 5.75 Å². The smallest absolute Gasteiger partial charge is 0.225 e. The second kappa shape index (κ2) is 9.94. The highest BCUT2D eigenvalue weighted by Gasteiger charge is 2.28. The van der Waals surface area contributed by atoms with E-state index < -0.39 is 0 Å². The van der Waals surface area contributed by atoms with Gasteiger partial charge in [-0.3, -0.25) is 9.59 Å². The van der Waals surface area contributed by atoms with Gasteiger partial charge in [-0.2, -0.15) is 0 Å². The van der Waals surface area contributed by atoms with Crippen molar-refractivity contribution in [1.29, 1.82) is 0 Å². The normalized spacial score (nSPS) is 15.9. The van der Waals surface area contributed by atoms with E-state index in [1.165, 1.54) is 11.3 Å². The quantitative estimate of drug-likeness (QED) is 0.727. The zero-order valence-electron chi connectivity index (χ0n) is 15.9. The minimum Gasteiger partial charge on any atom is -0.493 e. The van der Waals surface area contributed by atoms with E-state index in [2.05, 4.69) is 5.32 Å². The van der Waals surface area contributed by atoms with Crippen molar-refractivity contribution in [2.24, 2.45) is 5.92 Å². The largest absolute Gasteiger partial charge is 0.493 e. The van der Waals surface area contributed by atoms with Gasteiger partial charge in [0.2, 0.25) is 11.8 Å². The zero-order chi connectivity index (χ0) is 19.9. The molecule has 0 saturated carbocycles. The summed E-state index contributed by atoms with van der Waals surface area (Å²) in [7, 11) is 0. The van der Waals surface area contributed by atoms with Crippen LogP contribution >= 0.6 is 22.9 Å². The molecule has 7 heteroatoms. The third-order valence-electron chi connectivity index (χ3n) is 4.93. The molecule has 2 aromatic rings. The molecular weight excluding hydrogens is 396 g/mol. The van der Waals surface area contributed by atoms with Crippen LogP contribution in [0.4, 0.5) is 0 Å². The number of benzene rings is 1. The standard InChI is InChI=1S/C21H25ClN2O3S/c1-15(18-7-8-19(22)28-18)23-21(26)16-9-12-24(13-10-16)20(25)11-14-27-17-5-3-2-4-6-17/h2-8,15-16H,9-14H2,1H3,(H,23,26). The van der Waals surface area contributed by atoms with E-state index in [9.17, 15) is 9.59 Å². The number of ether oxygens (including phenoxy) is 1. The number of piperidine rings is 1. The van der Waals surface area contributed by atoms with Crippen LogP contribution in [0.15, 0.2) is 42.5 Å². The summed E-state index contributed by atoms with van der Waals surface area (Å²) in [6.07, 6.45) is 1.73. The SMILES string of the molecule is CC(NC(=O)C1CCN(C(=O)CCOc2ccccc2)CC1)c1ccc(Cl)s1. The molecule has 1 atom stereocenters. The minimum atomic E-state index is -0.0557. The zero-order valence-corrected chi connectivity index (χ0v) is 17.5. The van der Waals surface area contributed by atoms with Crippen LogP contribution in [-0.2, 0) is 9.59 Å². The molecule has 0 aliphatic carbocycles. The van der Waals surface area contributed by atoms with Crippen LogP contribution in [0.3, 0.4) is 0 Å². The summed E-state index contributed by atoms with van der Waals surface area (Å²) in [6.45, 7) is 3.55. The Bertz CT molecular complexity index is 788. The number of carbonyl (C=O) groups excluding carboxylic acids is 2. The van der Waals surface area contributed by atoms with Crippen molar-refractivity contribution >= 4 is 34.8 Å². The summed E-state index contributed by atoms with van der Waals surface area (Å²) in [5.41, 5.74) is 0. The molecule has 5 nitrogen and oxygen atoms in total. The minimum absolute atomic E-state index is 0.0523. The molecule has 1 aromatic carbocycles. The molecule has 1 aliphatic heterocycles. The molecule has 1 N–H and O–H groups in total. The summed E-state index contributed by atoms with van der Waals surface area (Å²) < 4.78 is 6.32. The molecule has 1 aliphatic rings. The maximum Gasteiger partial charge on any atom is 0.225 e. The predicted molar refractivity (Wildman–Crippen MR) is 112 cm³/mol. The number of likely N-dealkylation sites (tertiary alicyclic amines) is 1. The van der Waals surface area contributed by atoms with E-state index in [-0.39, 0.29) is 23.8 Å². The summed E-state index contributed by atoms with van der Waals surface area (Å²) in [5.74, 6) is 0.849. The van der Waals surface area contributed by atoms with Crippen molar-refractivity contribution in [3.05, 3.63) is 51.7 Å². The number of hydrogen-bond acceptors (Lipinski definition) is 4. The van der Waals surface area contributed by atoms with Gasteiger partial charge in [-0.25, -0.2) is 0 Å². The molecule has 2 amide bonds. The second-order valence-corrected chi connectivity index (χ2v) is 8.69. The molecule has 150 valence electrons. The van der Waals surface area contributed by atoms with Crippen LogP contribution in [0.2, 0.25) is 4.34 Å². The number of amides is 2. The number of para-hydroxylation sites is 1. The molecule has 1 fully saturated rings. The highest BCUT2D eigenvalue weighted by atomic mass is 35.5. The maximum absolute atomic E-state index is 12.5. The monoisotopic (exact) mass is 420 g/mol. The Balaban J connectivity index is 1.38. The molecule has 1 aromatic heterocycles. The lowest BCUT2D eigenvalue weighted by Gasteiger charge is -2.32.